The maximum Gasteiger partial charge on any atom is 0.0143 e. The monoisotopic (exact) mass is 162 g/mol. The average Bonchev–Trinajstić information content (AvgIpc) is 2.08. The molecule has 0 atom stereocenters. The molecule has 0 amide bonds. The lowest BCUT2D eigenvalue weighted by Gasteiger charge is -2.16. The zero-order valence-corrected chi connectivity index (χ0v) is 7.35. The van der Waals surface area contributed by atoms with E-state index in [1.807, 2.05) is 11.8 Å². The molecule has 1 rings (SSSR count). The van der Waals surface area contributed by atoms with Gasteiger partial charge in [-0.1, -0.05) is 25.4 Å². The van der Waals surface area contributed by atoms with Crippen molar-refractivity contribution in [3.63, 3.8) is 0 Å². The molecule has 1 heterocycles. The van der Waals surface area contributed by atoms with Gasteiger partial charge in [0.1, 0.15) is 0 Å². The van der Waals surface area contributed by atoms with Crippen molar-refractivity contribution in [3.8, 4) is 0 Å². The van der Waals surface area contributed by atoms with E-state index in [1.54, 1.807) is 5.54 Å². The zero-order chi connectivity index (χ0) is 6.91. The first-order chi connectivity index (χ1) is 4.17. The van der Waals surface area contributed by atoms with Gasteiger partial charge in [-0.2, -0.15) is 0 Å². The van der Waals surface area contributed by atoms with Gasteiger partial charge in [0.2, 0.25) is 0 Å². The van der Waals surface area contributed by atoms with E-state index in [1.165, 1.54) is 17.1 Å². The molecule has 0 spiro atoms. The predicted molar refractivity (Wildman–Crippen MR) is 44.8 cm³/mol. The Hall–Kier alpha value is 0.380. The quantitative estimate of drug-likeness (QED) is 0.527. The molecule has 0 N–H and O–H groups in total. The summed E-state index contributed by atoms with van der Waals surface area (Å²) in [6.45, 7) is 4.47. The van der Waals surface area contributed by atoms with E-state index in [0.29, 0.717) is 5.41 Å². The molecule has 9 heavy (non-hydrogen) atoms. The van der Waals surface area contributed by atoms with Gasteiger partial charge < -0.3 is 0 Å². The third-order valence-corrected chi connectivity index (χ3v) is 3.49. The minimum atomic E-state index is 0.354. The zero-order valence-electron chi connectivity index (χ0n) is 5.78. The minimum Gasteiger partial charge on any atom is -0.129 e. The van der Waals surface area contributed by atoms with Crippen LogP contribution in [0.2, 0.25) is 0 Å². The van der Waals surface area contributed by atoms with E-state index in [0.717, 1.165) is 0 Å². The summed E-state index contributed by atoms with van der Waals surface area (Å²) in [7, 11) is 0. The van der Waals surface area contributed by atoms with Crippen molar-refractivity contribution in [2.75, 3.05) is 5.75 Å². The Balaban J connectivity index is 2.75. The van der Waals surface area contributed by atoms with Gasteiger partial charge in [-0.05, 0) is 17.6 Å². The number of thioether (sulfide) groups is 1. The second-order valence-corrected chi connectivity index (χ2v) is 4.31. The maximum atomic E-state index is 5.61. The van der Waals surface area contributed by atoms with Gasteiger partial charge in [-0.3, -0.25) is 0 Å². The van der Waals surface area contributed by atoms with Crippen LogP contribution in [0.4, 0.5) is 0 Å². The fourth-order valence-corrected chi connectivity index (χ4v) is 2.79. The average molecular weight is 163 g/mol. The van der Waals surface area contributed by atoms with Crippen molar-refractivity contribution < 1.29 is 0 Å². The molecule has 1 fully saturated rings. The normalized spacial score (nSPS) is 29.4. The molecule has 0 aliphatic carbocycles. The standard InChI is InChI=1S/C7H11ClS/c1-7(2)3-4-9-6(7)5-8/h5H,3-4H2,1-2H3/b6-5-. The van der Waals surface area contributed by atoms with Gasteiger partial charge in [0.25, 0.3) is 0 Å². The molecule has 0 aromatic rings. The van der Waals surface area contributed by atoms with Gasteiger partial charge in [-0.25, -0.2) is 0 Å². The summed E-state index contributed by atoms with van der Waals surface area (Å²) in [4.78, 5) is 1.34. The van der Waals surface area contributed by atoms with Gasteiger partial charge >= 0.3 is 0 Å². The summed E-state index contributed by atoms with van der Waals surface area (Å²) in [6.07, 6.45) is 1.26. The summed E-state index contributed by atoms with van der Waals surface area (Å²) in [5.41, 5.74) is 2.07. The van der Waals surface area contributed by atoms with Gasteiger partial charge in [0.05, 0.1) is 0 Å². The highest BCUT2D eigenvalue weighted by Gasteiger charge is 2.28. The van der Waals surface area contributed by atoms with E-state index >= 15 is 0 Å². The van der Waals surface area contributed by atoms with Crippen LogP contribution in [0, 0.1) is 5.41 Å². The minimum absolute atomic E-state index is 0.354. The Morgan fingerprint density at radius 2 is 2.33 bits per heavy atom. The molecule has 0 radical (unpaired) electrons. The van der Waals surface area contributed by atoms with Crippen molar-refractivity contribution >= 4 is 23.4 Å². The Morgan fingerprint density at radius 3 is 2.56 bits per heavy atom. The van der Waals surface area contributed by atoms with Gasteiger partial charge in [0, 0.05) is 10.4 Å². The lowest BCUT2D eigenvalue weighted by molar-refractivity contribution is 0.473. The number of allylic oxidation sites excluding steroid dienone is 1. The molecular weight excluding hydrogens is 152 g/mol. The topological polar surface area (TPSA) is 0 Å². The van der Waals surface area contributed by atoms with Crippen LogP contribution in [0.25, 0.3) is 0 Å². The van der Waals surface area contributed by atoms with Crippen LogP contribution in [-0.4, -0.2) is 5.75 Å². The lowest BCUT2D eigenvalue weighted by atomic mass is 9.91. The van der Waals surface area contributed by atoms with Gasteiger partial charge in [0.15, 0.2) is 0 Å². The first kappa shape index (κ1) is 7.49. The molecule has 52 valence electrons. The number of hydrogen-bond acceptors (Lipinski definition) is 1. The van der Waals surface area contributed by atoms with E-state index in [-0.39, 0.29) is 0 Å². The molecule has 0 nitrogen and oxygen atoms in total. The third kappa shape index (κ3) is 1.44. The van der Waals surface area contributed by atoms with E-state index in [4.69, 9.17) is 11.6 Å². The van der Waals surface area contributed by atoms with Crippen LogP contribution >= 0.6 is 23.4 Å². The first-order valence-corrected chi connectivity index (χ1v) is 4.53. The molecule has 0 aromatic carbocycles. The molecule has 0 bridgehead atoms. The molecule has 1 aliphatic heterocycles. The Morgan fingerprint density at radius 1 is 1.67 bits per heavy atom. The van der Waals surface area contributed by atoms with Crippen LogP contribution in [-0.2, 0) is 0 Å². The van der Waals surface area contributed by atoms with Crippen molar-refractivity contribution in [2.45, 2.75) is 20.3 Å². The summed E-state index contributed by atoms with van der Waals surface area (Å²) < 4.78 is 0. The predicted octanol–water partition coefficient (Wildman–Crippen LogP) is 3.23. The fraction of sp³-hybridized carbons (Fsp3) is 0.714. The molecule has 2 heteroatoms. The summed E-state index contributed by atoms with van der Waals surface area (Å²) in [6, 6.07) is 0. The highest BCUT2D eigenvalue weighted by Crippen LogP contribution is 2.45. The second-order valence-electron chi connectivity index (χ2n) is 2.96. The Labute approximate surface area is 65.7 Å². The van der Waals surface area contributed by atoms with Crippen molar-refractivity contribution in [3.05, 3.63) is 10.4 Å². The first-order valence-electron chi connectivity index (χ1n) is 3.10. The Bertz CT molecular complexity index is 138. The smallest absolute Gasteiger partial charge is 0.0143 e. The van der Waals surface area contributed by atoms with Crippen LogP contribution in [0.3, 0.4) is 0 Å². The summed E-state index contributed by atoms with van der Waals surface area (Å²) in [5, 5.41) is 0. The maximum absolute atomic E-state index is 5.61. The molecule has 0 aromatic heterocycles. The van der Waals surface area contributed by atoms with Crippen LogP contribution in [0.1, 0.15) is 20.3 Å². The summed E-state index contributed by atoms with van der Waals surface area (Å²) >= 11 is 7.49. The third-order valence-electron chi connectivity index (χ3n) is 1.75. The van der Waals surface area contributed by atoms with Gasteiger partial charge in [-0.15, -0.1) is 11.8 Å². The van der Waals surface area contributed by atoms with Crippen LogP contribution < -0.4 is 0 Å². The molecule has 0 unspecified atom stereocenters. The molecular formula is C7H11ClS. The fourth-order valence-electron chi connectivity index (χ4n) is 0.914. The largest absolute Gasteiger partial charge is 0.129 e. The van der Waals surface area contributed by atoms with E-state index in [9.17, 15) is 0 Å². The van der Waals surface area contributed by atoms with Crippen molar-refractivity contribution in [1.82, 2.24) is 0 Å². The molecule has 1 aliphatic rings. The number of hydrogen-bond donors (Lipinski definition) is 0. The van der Waals surface area contributed by atoms with Crippen molar-refractivity contribution in [1.29, 1.82) is 0 Å². The van der Waals surface area contributed by atoms with Crippen molar-refractivity contribution in [2.24, 2.45) is 5.41 Å². The number of halogens is 1. The summed E-state index contributed by atoms with van der Waals surface area (Å²) in [5.74, 6) is 1.23. The number of rotatable bonds is 0. The highest BCUT2D eigenvalue weighted by atomic mass is 35.5. The molecule has 0 saturated carbocycles. The van der Waals surface area contributed by atoms with Crippen LogP contribution in [0.15, 0.2) is 10.4 Å². The SMILES string of the molecule is CC1(C)CCS/C1=C\Cl. The second kappa shape index (κ2) is 2.55. The van der Waals surface area contributed by atoms with E-state index < -0.39 is 0 Å². The highest BCUT2D eigenvalue weighted by molar-refractivity contribution is 8.03. The van der Waals surface area contributed by atoms with Crippen LogP contribution in [0.5, 0.6) is 0 Å². The lowest BCUT2D eigenvalue weighted by Crippen LogP contribution is -2.05. The Kier molecular flexibility index (Phi) is 2.12. The van der Waals surface area contributed by atoms with E-state index in [2.05, 4.69) is 13.8 Å². The molecule has 1 saturated heterocycles.